The van der Waals surface area contributed by atoms with E-state index in [2.05, 4.69) is 30.0 Å². The summed E-state index contributed by atoms with van der Waals surface area (Å²) < 4.78 is 1.92. The third-order valence-corrected chi connectivity index (χ3v) is 4.26. The Kier molecular flexibility index (Phi) is 4.99. The summed E-state index contributed by atoms with van der Waals surface area (Å²) in [4.78, 5) is 2.63. The van der Waals surface area contributed by atoms with E-state index < -0.39 is 0 Å². The molecule has 4 heteroatoms. The molecule has 0 amide bonds. The largest absolute Gasteiger partial charge is 0.328 e. The lowest BCUT2D eigenvalue weighted by atomic mass is 9.90. The minimum absolute atomic E-state index is 0.430. The summed E-state index contributed by atoms with van der Waals surface area (Å²) in [5.74, 6) is 0. The molecule has 0 atom stereocenters. The van der Waals surface area contributed by atoms with Crippen LogP contribution in [0.4, 0.5) is 0 Å². The summed E-state index contributed by atoms with van der Waals surface area (Å²) in [7, 11) is 2.00. The summed E-state index contributed by atoms with van der Waals surface area (Å²) >= 11 is 0. The highest BCUT2D eigenvalue weighted by atomic mass is 15.3. The van der Waals surface area contributed by atoms with Gasteiger partial charge < -0.3 is 5.73 Å². The van der Waals surface area contributed by atoms with E-state index in [-0.39, 0.29) is 0 Å². The molecule has 2 rings (SSSR count). The Bertz CT molecular complexity index is 391. The van der Waals surface area contributed by atoms with Gasteiger partial charge in [0.25, 0.3) is 0 Å². The third kappa shape index (κ3) is 3.80. The number of hydrogen-bond donors (Lipinski definition) is 1. The fraction of sp³-hybridized carbons (Fsp3) is 0.800. The maximum absolute atomic E-state index is 6.02. The molecule has 108 valence electrons. The fourth-order valence-corrected chi connectivity index (χ4v) is 3.17. The smallest absolute Gasteiger partial charge is 0.0638 e. The first kappa shape index (κ1) is 14.5. The van der Waals surface area contributed by atoms with Gasteiger partial charge in [-0.15, -0.1) is 0 Å². The van der Waals surface area contributed by atoms with Crippen LogP contribution in [0.1, 0.15) is 50.3 Å². The van der Waals surface area contributed by atoms with Crippen LogP contribution in [-0.2, 0) is 13.6 Å². The SMILES string of the molecule is CCCN(Cc1cn(C)nc1C)C1CCC(N)CC1. The second-order valence-electron chi connectivity index (χ2n) is 5.95. The van der Waals surface area contributed by atoms with Crippen LogP contribution in [0, 0.1) is 6.92 Å². The monoisotopic (exact) mass is 264 g/mol. The van der Waals surface area contributed by atoms with Crippen LogP contribution in [0.15, 0.2) is 6.20 Å². The van der Waals surface area contributed by atoms with E-state index in [1.807, 2.05) is 11.7 Å². The second-order valence-corrected chi connectivity index (χ2v) is 5.95. The van der Waals surface area contributed by atoms with E-state index in [0.29, 0.717) is 12.1 Å². The van der Waals surface area contributed by atoms with Crippen molar-refractivity contribution in [2.24, 2.45) is 12.8 Å². The quantitative estimate of drug-likeness (QED) is 0.887. The first-order valence-electron chi connectivity index (χ1n) is 7.59. The van der Waals surface area contributed by atoms with E-state index in [1.165, 1.54) is 44.2 Å². The zero-order chi connectivity index (χ0) is 13.8. The Morgan fingerprint density at radius 1 is 1.37 bits per heavy atom. The van der Waals surface area contributed by atoms with E-state index in [0.717, 1.165) is 12.2 Å². The molecule has 1 heterocycles. The van der Waals surface area contributed by atoms with Crippen LogP contribution in [-0.4, -0.2) is 33.3 Å². The molecule has 0 spiro atoms. The highest BCUT2D eigenvalue weighted by Gasteiger charge is 2.24. The molecule has 0 radical (unpaired) electrons. The van der Waals surface area contributed by atoms with Crippen molar-refractivity contribution in [3.63, 3.8) is 0 Å². The fourth-order valence-electron chi connectivity index (χ4n) is 3.17. The Morgan fingerprint density at radius 3 is 2.58 bits per heavy atom. The van der Waals surface area contributed by atoms with Crippen molar-refractivity contribution >= 4 is 0 Å². The van der Waals surface area contributed by atoms with Gasteiger partial charge in [-0.2, -0.15) is 5.10 Å². The van der Waals surface area contributed by atoms with Gasteiger partial charge in [0, 0.05) is 37.4 Å². The van der Waals surface area contributed by atoms with Crippen molar-refractivity contribution in [1.29, 1.82) is 0 Å². The average molecular weight is 264 g/mol. The lowest BCUT2D eigenvalue weighted by Crippen LogP contribution is -2.40. The van der Waals surface area contributed by atoms with Crippen LogP contribution >= 0.6 is 0 Å². The van der Waals surface area contributed by atoms with Gasteiger partial charge in [0.05, 0.1) is 5.69 Å². The Hall–Kier alpha value is -0.870. The Morgan fingerprint density at radius 2 is 2.05 bits per heavy atom. The van der Waals surface area contributed by atoms with Crippen molar-refractivity contribution in [3.05, 3.63) is 17.5 Å². The zero-order valence-corrected chi connectivity index (χ0v) is 12.6. The van der Waals surface area contributed by atoms with Crippen LogP contribution < -0.4 is 5.73 Å². The molecule has 4 nitrogen and oxygen atoms in total. The van der Waals surface area contributed by atoms with Gasteiger partial charge in [0.2, 0.25) is 0 Å². The molecule has 0 bridgehead atoms. The molecule has 1 aromatic rings. The van der Waals surface area contributed by atoms with Crippen molar-refractivity contribution in [1.82, 2.24) is 14.7 Å². The van der Waals surface area contributed by atoms with Crippen LogP contribution in [0.25, 0.3) is 0 Å². The molecule has 1 aromatic heterocycles. The van der Waals surface area contributed by atoms with Gasteiger partial charge in [0.15, 0.2) is 0 Å². The normalized spacial score (nSPS) is 24.1. The first-order valence-corrected chi connectivity index (χ1v) is 7.59. The van der Waals surface area contributed by atoms with Crippen molar-refractivity contribution in [3.8, 4) is 0 Å². The molecule has 1 saturated carbocycles. The van der Waals surface area contributed by atoms with Gasteiger partial charge in [0.1, 0.15) is 0 Å². The number of nitrogens with zero attached hydrogens (tertiary/aromatic N) is 3. The minimum atomic E-state index is 0.430. The van der Waals surface area contributed by atoms with Crippen LogP contribution in [0.3, 0.4) is 0 Å². The van der Waals surface area contributed by atoms with E-state index in [4.69, 9.17) is 5.73 Å². The highest BCUT2D eigenvalue weighted by molar-refractivity contribution is 5.15. The number of rotatable bonds is 5. The Labute approximate surface area is 117 Å². The van der Waals surface area contributed by atoms with E-state index in [1.54, 1.807) is 0 Å². The molecule has 1 fully saturated rings. The standard InChI is InChI=1S/C15H28N4/c1-4-9-19(15-7-5-14(16)6-8-15)11-13-10-18(3)17-12(13)2/h10,14-15H,4-9,11,16H2,1-3H3. The summed E-state index contributed by atoms with van der Waals surface area (Å²) in [6.07, 6.45) is 8.23. The number of aromatic nitrogens is 2. The lowest BCUT2D eigenvalue weighted by molar-refractivity contribution is 0.142. The molecular weight excluding hydrogens is 236 g/mol. The third-order valence-electron chi connectivity index (χ3n) is 4.26. The van der Waals surface area contributed by atoms with E-state index in [9.17, 15) is 0 Å². The predicted octanol–water partition coefficient (Wildman–Crippen LogP) is 2.21. The van der Waals surface area contributed by atoms with E-state index >= 15 is 0 Å². The van der Waals surface area contributed by atoms with Crippen LogP contribution in [0.2, 0.25) is 0 Å². The predicted molar refractivity (Wildman–Crippen MR) is 78.9 cm³/mol. The summed E-state index contributed by atoms with van der Waals surface area (Å²) in [6, 6.07) is 1.14. The zero-order valence-electron chi connectivity index (χ0n) is 12.6. The van der Waals surface area contributed by atoms with Gasteiger partial charge >= 0.3 is 0 Å². The van der Waals surface area contributed by atoms with Crippen molar-refractivity contribution < 1.29 is 0 Å². The highest BCUT2D eigenvalue weighted by Crippen LogP contribution is 2.24. The van der Waals surface area contributed by atoms with Crippen LogP contribution in [0.5, 0.6) is 0 Å². The topological polar surface area (TPSA) is 47.1 Å². The van der Waals surface area contributed by atoms with Crippen molar-refractivity contribution in [2.75, 3.05) is 6.54 Å². The van der Waals surface area contributed by atoms with Gasteiger partial charge in [-0.3, -0.25) is 9.58 Å². The number of aryl methyl sites for hydroxylation is 2. The molecule has 0 aromatic carbocycles. The molecular formula is C15H28N4. The molecule has 0 unspecified atom stereocenters. The lowest BCUT2D eigenvalue weighted by Gasteiger charge is -2.36. The van der Waals surface area contributed by atoms with Gasteiger partial charge in [-0.1, -0.05) is 6.92 Å². The Balaban J connectivity index is 2.01. The number of hydrogen-bond acceptors (Lipinski definition) is 3. The maximum Gasteiger partial charge on any atom is 0.0638 e. The molecule has 0 saturated heterocycles. The minimum Gasteiger partial charge on any atom is -0.328 e. The molecule has 0 aliphatic heterocycles. The van der Waals surface area contributed by atoms with Gasteiger partial charge in [-0.05, 0) is 45.6 Å². The molecule has 1 aliphatic rings. The average Bonchev–Trinajstić information content (AvgIpc) is 2.68. The summed E-state index contributed by atoms with van der Waals surface area (Å²) in [5, 5.41) is 4.45. The second kappa shape index (κ2) is 6.53. The number of nitrogens with two attached hydrogens (primary N) is 1. The van der Waals surface area contributed by atoms with Crippen molar-refractivity contribution in [2.45, 2.75) is 64.6 Å². The molecule has 2 N–H and O–H groups in total. The molecule has 1 aliphatic carbocycles. The summed E-state index contributed by atoms with van der Waals surface area (Å²) in [5.41, 5.74) is 8.55. The maximum atomic E-state index is 6.02. The first-order chi connectivity index (χ1) is 9.10. The van der Waals surface area contributed by atoms with Gasteiger partial charge in [-0.25, -0.2) is 0 Å². The molecule has 19 heavy (non-hydrogen) atoms. The summed E-state index contributed by atoms with van der Waals surface area (Å²) in [6.45, 7) is 6.58.